The van der Waals surface area contributed by atoms with E-state index >= 15 is 0 Å². The van der Waals surface area contributed by atoms with Crippen LogP contribution >= 0.6 is 0 Å². The van der Waals surface area contributed by atoms with Crippen LogP contribution in [-0.4, -0.2) is 47.4 Å². The minimum absolute atomic E-state index is 0.0448. The smallest absolute Gasteiger partial charge is 0.305 e. The van der Waals surface area contributed by atoms with E-state index in [1.54, 1.807) is 6.08 Å². The lowest BCUT2D eigenvalue weighted by atomic mass is 10.0. The maximum absolute atomic E-state index is 12.4. The molecule has 0 rings (SSSR count). The van der Waals surface area contributed by atoms with Crippen LogP contribution in [0.1, 0.15) is 245 Å². The fourth-order valence-corrected chi connectivity index (χ4v) is 7.08. The fourth-order valence-electron chi connectivity index (χ4n) is 7.08. The maximum atomic E-state index is 12.4. The van der Waals surface area contributed by atoms with Gasteiger partial charge < -0.3 is 20.3 Å². The first-order chi connectivity index (χ1) is 27.5. The van der Waals surface area contributed by atoms with Crippen molar-refractivity contribution in [1.82, 2.24) is 5.32 Å². The van der Waals surface area contributed by atoms with Crippen LogP contribution in [0.15, 0.2) is 36.5 Å². The lowest BCUT2D eigenvalue weighted by Crippen LogP contribution is -2.45. The molecule has 56 heavy (non-hydrogen) atoms. The Balaban J connectivity index is 3.59. The summed E-state index contributed by atoms with van der Waals surface area (Å²) in [5.74, 6) is -0.143. The quantitative estimate of drug-likeness (QED) is 0.0325. The first-order valence-electron chi connectivity index (χ1n) is 24.3. The molecule has 0 aromatic heterocycles. The highest BCUT2D eigenvalue weighted by Gasteiger charge is 2.18. The van der Waals surface area contributed by atoms with E-state index in [0.29, 0.717) is 19.4 Å². The van der Waals surface area contributed by atoms with Gasteiger partial charge in [-0.05, 0) is 77.0 Å². The number of hydrogen-bond acceptors (Lipinski definition) is 5. The van der Waals surface area contributed by atoms with E-state index in [2.05, 4.69) is 43.5 Å². The molecule has 0 fully saturated rings. The van der Waals surface area contributed by atoms with Crippen molar-refractivity contribution in [1.29, 1.82) is 0 Å². The lowest BCUT2D eigenvalue weighted by molar-refractivity contribution is -0.143. The van der Waals surface area contributed by atoms with Crippen molar-refractivity contribution in [2.24, 2.45) is 0 Å². The van der Waals surface area contributed by atoms with Crippen LogP contribution in [-0.2, 0) is 14.3 Å². The molecule has 6 nitrogen and oxygen atoms in total. The van der Waals surface area contributed by atoms with Gasteiger partial charge in [0.2, 0.25) is 5.91 Å². The van der Waals surface area contributed by atoms with E-state index in [1.807, 2.05) is 6.08 Å². The van der Waals surface area contributed by atoms with Gasteiger partial charge in [0.1, 0.15) is 0 Å². The van der Waals surface area contributed by atoms with Gasteiger partial charge in [-0.15, -0.1) is 0 Å². The summed E-state index contributed by atoms with van der Waals surface area (Å²) in [6.07, 6.45) is 54.2. The second-order valence-electron chi connectivity index (χ2n) is 16.4. The van der Waals surface area contributed by atoms with Crippen molar-refractivity contribution in [3.63, 3.8) is 0 Å². The van der Waals surface area contributed by atoms with Gasteiger partial charge in [-0.3, -0.25) is 9.59 Å². The summed E-state index contributed by atoms with van der Waals surface area (Å²) >= 11 is 0. The van der Waals surface area contributed by atoms with Crippen molar-refractivity contribution in [2.45, 2.75) is 257 Å². The van der Waals surface area contributed by atoms with E-state index in [0.717, 1.165) is 83.5 Å². The van der Waals surface area contributed by atoms with Crippen molar-refractivity contribution in [3.05, 3.63) is 36.5 Å². The second kappa shape index (κ2) is 45.8. The normalized spacial score (nSPS) is 13.0. The Morgan fingerprint density at radius 2 is 0.857 bits per heavy atom. The van der Waals surface area contributed by atoms with E-state index < -0.39 is 12.1 Å². The zero-order chi connectivity index (χ0) is 40.8. The molecule has 328 valence electrons. The van der Waals surface area contributed by atoms with Crippen LogP contribution in [0.3, 0.4) is 0 Å². The Hall–Kier alpha value is -1.92. The molecular formula is C50H93NO5. The lowest BCUT2D eigenvalue weighted by Gasteiger charge is -2.20. The monoisotopic (exact) mass is 788 g/mol. The molecular weight excluding hydrogens is 695 g/mol. The number of unbranched alkanes of at least 4 members (excludes halogenated alkanes) is 29. The van der Waals surface area contributed by atoms with Gasteiger partial charge in [-0.2, -0.15) is 0 Å². The van der Waals surface area contributed by atoms with E-state index in [4.69, 9.17) is 4.74 Å². The molecule has 0 aromatic rings. The zero-order valence-corrected chi connectivity index (χ0v) is 37.1. The number of carbonyl (C=O) groups is 2. The topological polar surface area (TPSA) is 95.9 Å². The summed E-state index contributed by atoms with van der Waals surface area (Å²) in [4.78, 5) is 24.4. The summed E-state index contributed by atoms with van der Waals surface area (Å²) in [6, 6.07) is -0.649. The van der Waals surface area contributed by atoms with Crippen molar-refractivity contribution in [2.75, 3.05) is 13.2 Å². The van der Waals surface area contributed by atoms with Crippen LogP contribution in [0, 0.1) is 0 Å². The molecule has 1 amide bonds. The minimum Gasteiger partial charge on any atom is -0.466 e. The molecule has 0 aromatic carbocycles. The van der Waals surface area contributed by atoms with Gasteiger partial charge in [-0.1, -0.05) is 192 Å². The predicted molar refractivity (Wildman–Crippen MR) is 241 cm³/mol. The molecule has 0 aliphatic heterocycles. The predicted octanol–water partition coefficient (Wildman–Crippen LogP) is 14.1. The summed E-state index contributed by atoms with van der Waals surface area (Å²) < 4.78 is 5.40. The molecule has 0 heterocycles. The Morgan fingerprint density at radius 3 is 1.32 bits per heavy atom. The van der Waals surface area contributed by atoms with Crippen LogP contribution in [0.2, 0.25) is 0 Å². The van der Waals surface area contributed by atoms with Crippen molar-refractivity contribution < 1.29 is 24.5 Å². The Morgan fingerprint density at radius 1 is 0.482 bits per heavy atom. The number of esters is 1. The number of rotatable bonds is 44. The highest BCUT2D eigenvalue weighted by atomic mass is 16.5. The number of aliphatic hydroxyl groups is 2. The van der Waals surface area contributed by atoms with Gasteiger partial charge in [0.05, 0.1) is 25.4 Å². The average Bonchev–Trinajstić information content (AvgIpc) is 3.20. The summed E-state index contributed by atoms with van der Waals surface area (Å²) in [6.45, 7) is 4.77. The van der Waals surface area contributed by atoms with E-state index in [1.165, 1.54) is 135 Å². The first kappa shape index (κ1) is 54.1. The van der Waals surface area contributed by atoms with Crippen LogP contribution < -0.4 is 5.32 Å². The Bertz CT molecular complexity index is 915. The largest absolute Gasteiger partial charge is 0.466 e. The van der Waals surface area contributed by atoms with Gasteiger partial charge in [0.25, 0.3) is 0 Å². The Labute approximate surface area is 347 Å². The second-order valence-corrected chi connectivity index (χ2v) is 16.4. The van der Waals surface area contributed by atoms with Crippen LogP contribution in [0.25, 0.3) is 0 Å². The van der Waals surface area contributed by atoms with Gasteiger partial charge >= 0.3 is 5.97 Å². The third-order valence-electron chi connectivity index (χ3n) is 10.9. The molecule has 0 aliphatic carbocycles. The molecule has 2 unspecified atom stereocenters. The molecule has 0 bridgehead atoms. The van der Waals surface area contributed by atoms with E-state index in [9.17, 15) is 19.8 Å². The summed E-state index contributed by atoms with van der Waals surface area (Å²) in [5.41, 5.74) is 0. The van der Waals surface area contributed by atoms with E-state index in [-0.39, 0.29) is 18.5 Å². The number of hydrogen-bond donors (Lipinski definition) is 3. The number of amides is 1. The Kier molecular flexibility index (Phi) is 44.2. The van der Waals surface area contributed by atoms with Gasteiger partial charge in [0, 0.05) is 12.8 Å². The summed E-state index contributed by atoms with van der Waals surface area (Å²) in [5, 5.41) is 23.0. The highest BCUT2D eigenvalue weighted by Crippen LogP contribution is 2.15. The average molecular weight is 788 g/mol. The SMILES string of the molecule is CCCC/C=C\CCCCCCCC(=O)OCCCC/C=C\CCCCCCCC(=O)NC(CO)C(O)/C=C/CCCCCCCCCCCCCCCCC. The third-order valence-corrected chi connectivity index (χ3v) is 10.9. The number of allylic oxidation sites excluding steroid dienone is 5. The molecule has 0 radical (unpaired) electrons. The molecule has 0 saturated carbocycles. The minimum atomic E-state index is -0.863. The van der Waals surface area contributed by atoms with Crippen LogP contribution in [0.4, 0.5) is 0 Å². The third kappa shape index (κ3) is 41.7. The summed E-state index contributed by atoms with van der Waals surface area (Å²) in [7, 11) is 0. The first-order valence-corrected chi connectivity index (χ1v) is 24.3. The fraction of sp³-hybridized carbons (Fsp3) is 0.840. The molecule has 0 spiro atoms. The molecule has 0 saturated heterocycles. The standard InChI is InChI=1S/C50H93NO5/c1-3-5-7-9-11-13-15-16-17-18-19-20-23-26-30-34-38-42-48(53)47(46-52)51-49(54)43-39-35-31-27-24-21-25-29-33-37-41-45-56-50(55)44-40-36-32-28-22-14-12-10-8-6-4-2/h10,12,25,29,38,42,47-48,52-53H,3-9,11,13-24,26-28,30-37,39-41,43-46H2,1-2H3,(H,51,54)/b12-10-,29-25-,42-38+. The molecule has 2 atom stereocenters. The number of aliphatic hydroxyl groups excluding tert-OH is 2. The van der Waals surface area contributed by atoms with Crippen molar-refractivity contribution in [3.8, 4) is 0 Å². The number of carbonyl (C=O) groups excluding carboxylic acids is 2. The molecule has 0 aliphatic rings. The highest BCUT2D eigenvalue weighted by molar-refractivity contribution is 5.76. The van der Waals surface area contributed by atoms with Crippen LogP contribution in [0.5, 0.6) is 0 Å². The van der Waals surface area contributed by atoms with Gasteiger partial charge in [0.15, 0.2) is 0 Å². The van der Waals surface area contributed by atoms with Gasteiger partial charge in [-0.25, -0.2) is 0 Å². The maximum Gasteiger partial charge on any atom is 0.305 e. The molecule has 6 heteroatoms. The van der Waals surface area contributed by atoms with Crippen molar-refractivity contribution >= 4 is 11.9 Å². The molecule has 3 N–H and O–H groups in total. The number of nitrogens with one attached hydrogen (secondary N) is 1. The zero-order valence-electron chi connectivity index (χ0n) is 37.1. The number of ether oxygens (including phenoxy) is 1.